The molecule has 1 aliphatic carbocycles. The molecule has 5 nitrogen and oxygen atoms in total. The number of halogens is 3. The van der Waals surface area contributed by atoms with Crippen molar-refractivity contribution in [2.45, 2.75) is 71.1 Å². The molecule has 0 aliphatic heterocycles. The Morgan fingerprint density at radius 2 is 1.89 bits per heavy atom. The fraction of sp³-hybridized carbons (Fsp3) is 0.600. The molecule has 0 saturated heterocycles. The van der Waals surface area contributed by atoms with Gasteiger partial charge in [0, 0.05) is 23.3 Å². The maximum atomic E-state index is 13.2. The number of nitrogens with one attached hydrogen (secondary N) is 3. The molecule has 1 aromatic carbocycles. The van der Waals surface area contributed by atoms with Crippen LogP contribution in [0.1, 0.15) is 61.9 Å². The fourth-order valence-corrected chi connectivity index (χ4v) is 3.38. The molecule has 28 heavy (non-hydrogen) atoms. The minimum atomic E-state index is -4.32. The van der Waals surface area contributed by atoms with Crippen LogP contribution in [0.3, 0.4) is 0 Å². The Morgan fingerprint density at radius 3 is 2.50 bits per heavy atom. The topological polar surface area (TPSA) is 70.2 Å². The van der Waals surface area contributed by atoms with E-state index in [1.807, 2.05) is 13.8 Å². The van der Waals surface area contributed by atoms with E-state index in [2.05, 4.69) is 16.0 Å². The predicted octanol–water partition coefficient (Wildman–Crippen LogP) is 4.77. The summed E-state index contributed by atoms with van der Waals surface area (Å²) in [5, 5.41) is 7.93. The lowest BCUT2D eigenvalue weighted by molar-refractivity contribution is -0.187. The lowest BCUT2D eigenvalue weighted by Gasteiger charge is -2.33. The number of urea groups is 1. The van der Waals surface area contributed by atoms with Crippen LogP contribution in [0.2, 0.25) is 0 Å². The van der Waals surface area contributed by atoms with E-state index in [9.17, 15) is 22.8 Å². The lowest BCUT2D eigenvalue weighted by atomic mass is 9.84. The third-order valence-electron chi connectivity index (χ3n) is 5.23. The zero-order valence-corrected chi connectivity index (χ0v) is 16.5. The summed E-state index contributed by atoms with van der Waals surface area (Å²) in [6, 6.07) is 3.28. The molecule has 3 atom stereocenters. The normalized spacial score (nSPS) is 20.9. The zero-order valence-electron chi connectivity index (χ0n) is 16.5. The van der Waals surface area contributed by atoms with Crippen molar-refractivity contribution in [1.29, 1.82) is 0 Å². The lowest BCUT2D eigenvalue weighted by Crippen LogP contribution is -2.49. The van der Waals surface area contributed by atoms with Gasteiger partial charge >= 0.3 is 12.2 Å². The molecule has 3 N–H and O–H groups in total. The summed E-state index contributed by atoms with van der Waals surface area (Å²) < 4.78 is 39.5. The Kier molecular flexibility index (Phi) is 7.32. The second-order valence-electron chi connectivity index (χ2n) is 7.45. The van der Waals surface area contributed by atoms with Crippen molar-refractivity contribution in [2.75, 3.05) is 5.32 Å². The number of benzene rings is 1. The smallest absolute Gasteiger partial charge is 0.350 e. The van der Waals surface area contributed by atoms with Gasteiger partial charge in [-0.1, -0.05) is 19.8 Å². The van der Waals surface area contributed by atoms with Crippen molar-refractivity contribution >= 4 is 17.6 Å². The van der Waals surface area contributed by atoms with Gasteiger partial charge < -0.3 is 16.0 Å². The molecule has 1 aliphatic rings. The molecule has 3 unspecified atom stereocenters. The zero-order chi connectivity index (χ0) is 20.9. The first-order chi connectivity index (χ1) is 13.1. The highest BCUT2D eigenvalue weighted by molar-refractivity contribution is 5.96. The van der Waals surface area contributed by atoms with Crippen LogP contribution < -0.4 is 16.0 Å². The molecule has 3 amide bonds. The van der Waals surface area contributed by atoms with E-state index >= 15 is 0 Å². The minimum absolute atomic E-state index is 0.0352. The number of alkyl halides is 3. The van der Waals surface area contributed by atoms with Crippen LogP contribution in [0.25, 0.3) is 0 Å². The summed E-state index contributed by atoms with van der Waals surface area (Å²) in [5.74, 6) is -1.72. The molecule has 1 fully saturated rings. The van der Waals surface area contributed by atoms with Crippen molar-refractivity contribution in [3.8, 4) is 0 Å². The van der Waals surface area contributed by atoms with Gasteiger partial charge in [-0.25, -0.2) is 4.79 Å². The number of rotatable bonds is 5. The molecule has 0 heterocycles. The monoisotopic (exact) mass is 399 g/mol. The van der Waals surface area contributed by atoms with Crippen molar-refractivity contribution < 1.29 is 22.8 Å². The van der Waals surface area contributed by atoms with E-state index < -0.39 is 24.2 Å². The molecule has 1 aromatic rings. The average molecular weight is 399 g/mol. The Morgan fingerprint density at radius 1 is 1.21 bits per heavy atom. The van der Waals surface area contributed by atoms with Gasteiger partial charge in [-0.15, -0.1) is 0 Å². The van der Waals surface area contributed by atoms with E-state index in [0.29, 0.717) is 36.1 Å². The standard InChI is InChI=1S/C20H28F3N3O2/c1-4-13(3)24-18(27)14-9-10-16(12(2)11-14)25-19(28)26-17-8-6-5-7-15(17)20(21,22)23/h9-11,13,15,17H,4-8H2,1-3H3,(H,24,27)(H2,25,26,28). The number of hydrogen-bond donors (Lipinski definition) is 3. The van der Waals surface area contributed by atoms with Crippen LogP contribution in [0, 0.1) is 12.8 Å². The Bertz CT molecular complexity index is 706. The van der Waals surface area contributed by atoms with Crippen molar-refractivity contribution in [1.82, 2.24) is 10.6 Å². The van der Waals surface area contributed by atoms with Crippen LogP contribution in [-0.4, -0.2) is 30.2 Å². The van der Waals surface area contributed by atoms with E-state index in [1.54, 1.807) is 25.1 Å². The van der Waals surface area contributed by atoms with Gasteiger partial charge in [0.1, 0.15) is 0 Å². The Labute approximate surface area is 163 Å². The number of hydrogen-bond acceptors (Lipinski definition) is 2. The summed E-state index contributed by atoms with van der Waals surface area (Å²) >= 11 is 0. The van der Waals surface area contributed by atoms with Crippen molar-refractivity contribution in [3.63, 3.8) is 0 Å². The second kappa shape index (κ2) is 9.30. The molecule has 0 spiro atoms. The summed E-state index contributed by atoms with van der Waals surface area (Å²) in [6.45, 7) is 5.61. The minimum Gasteiger partial charge on any atom is -0.350 e. The van der Waals surface area contributed by atoms with Crippen LogP contribution in [0.4, 0.5) is 23.7 Å². The molecule has 1 saturated carbocycles. The SMILES string of the molecule is CCC(C)NC(=O)c1ccc(NC(=O)NC2CCCCC2C(F)(F)F)c(C)c1. The molecule has 2 rings (SSSR count). The van der Waals surface area contributed by atoms with Crippen molar-refractivity contribution in [2.24, 2.45) is 5.92 Å². The summed E-state index contributed by atoms with van der Waals surface area (Å²) in [7, 11) is 0. The van der Waals surface area contributed by atoms with Gasteiger partial charge in [0.05, 0.1) is 5.92 Å². The van der Waals surface area contributed by atoms with E-state index in [0.717, 1.165) is 6.42 Å². The maximum absolute atomic E-state index is 13.2. The summed E-state index contributed by atoms with van der Waals surface area (Å²) in [5.41, 5.74) is 1.58. The quantitative estimate of drug-likeness (QED) is 0.668. The first-order valence-electron chi connectivity index (χ1n) is 9.67. The first-order valence-corrected chi connectivity index (χ1v) is 9.67. The Hall–Kier alpha value is -2.25. The molecule has 156 valence electrons. The Balaban J connectivity index is 2.01. The highest BCUT2D eigenvalue weighted by Gasteiger charge is 2.46. The molecule has 0 radical (unpaired) electrons. The van der Waals surface area contributed by atoms with Gasteiger partial charge in [0.15, 0.2) is 0 Å². The number of carbonyl (C=O) groups excluding carboxylic acids is 2. The van der Waals surface area contributed by atoms with Gasteiger partial charge in [-0.3, -0.25) is 4.79 Å². The van der Waals surface area contributed by atoms with Gasteiger partial charge in [0.25, 0.3) is 5.91 Å². The fourth-order valence-electron chi connectivity index (χ4n) is 3.38. The highest BCUT2D eigenvalue weighted by atomic mass is 19.4. The van der Waals surface area contributed by atoms with Crippen LogP contribution in [0.5, 0.6) is 0 Å². The van der Waals surface area contributed by atoms with Gasteiger partial charge in [-0.05, 0) is 56.9 Å². The maximum Gasteiger partial charge on any atom is 0.393 e. The molecular weight excluding hydrogens is 371 g/mol. The van der Waals surface area contributed by atoms with Gasteiger partial charge in [0.2, 0.25) is 0 Å². The molecular formula is C20H28F3N3O2. The van der Waals surface area contributed by atoms with Crippen molar-refractivity contribution in [3.05, 3.63) is 29.3 Å². The summed E-state index contributed by atoms with van der Waals surface area (Å²) in [4.78, 5) is 24.4. The number of amides is 3. The largest absolute Gasteiger partial charge is 0.393 e. The molecule has 8 heteroatoms. The highest BCUT2D eigenvalue weighted by Crippen LogP contribution is 2.37. The third-order valence-corrected chi connectivity index (χ3v) is 5.23. The second-order valence-corrected chi connectivity index (χ2v) is 7.45. The van der Waals surface area contributed by atoms with Crippen LogP contribution in [-0.2, 0) is 0 Å². The van der Waals surface area contributed by atoms with E-state index in [4.69, 9.17) is 0 Å². The van der Waals surface area contributed by atoms with Crippen LogP contribution in [0.15, 0.2) is 18.2 Å². The predicted molar refractivity (Wildman–Crippen MR) is 102 cm³/mol. The van der Waals surface area contributed by atoms with E-state index in [1.165, 1.54) is 0 Å². The third kappa shape index (κ3) is 5.87. The molecule has 0 aromatic heterocycles. The average Bonchev–Trinajstić information content (AvgIpc) is 2.62. The number of anilines is 1. The number of aryl methyl sites for hydroxylation is 1. The number of carbonyl (C=O) groups is 2. The van der Waals surface area contributed by atoms with Crippen LogP contribution >= 0.6 is 0 Å². The van der Waals surface area contributed by atoms with E-state index in [-0.39, 0.29) is 18.4 Å². The molecule has 0 bridgehead atoms. The van der Waals surface area contributed by atoms with Gasteiger partial charge in [-0.2, -0.15) is 13.2 Å². The first kappa shape index (κ1) is 22.0. The summed E-state index contributed by atoms with van der Waals surface area (Å²) in [6.07, 6.45) is -1.98.